The van der Waals surface area contributed by atoms with Crippen LogP contribution in [0.2, 0.25) is 0 Å². The normalized spacial score (nSPS) is 22.1. The van der Waals surface area contributed by atoms with Gasteiger partial charge in [-0.15, -0.1) is 0 Å². The molecule has 2 saturated heterocycles. The zero-order valence-electron chi connectivity index (χ0n) is 16.1. The smallest absolute Gasteiger partial charge is 0.306 e. The van der Waals surface area contributed by atoms with Crippen molar-refractivity contribution < 1.29 is 19.5 Å². The molecule has 3 rings (SSSR count). The first-order valence-electron chi connectivity index (χ1n) is 9.83. The molecular weight excluding hydrogens is 344 g/mol. The van der Waals surface area contributed by atoms with Gasteiger partial charge in [0.05, 0.1) is 11.8 Å². The second-order valence-corrected chi connectivity index (χ2v) is 7.71. The number of likely N-dealkylation sites (tertiary alicyclic amines) is 1. The first-order chi connectivity index (χ1) is 12.9. The van der Waals surface area contributed by atoms with Crippen molar-refractivity contribution in [1.82, 2.24) is 4.90 Å². The molecule has 1 N–H and O–H groups in total. The summed E-state index contributed by atoms with van der Waals surface area (Å²) in [4.78, 5) is 40.1. The van der Waals surface area contributed by atoms with Gasteiger partial charge < -0.3 is 14.9 Å². The lowest BCUT2D eigenvalue weighted by molar-refractivity contribution is -0.146. The standard InChI is InChI=1S/C21H28N2O4/c1-3-14(2)17-6-4-5-7-18(17)23-13-16(12-19(23)24)20(25)22-10-8-15(9-11-22)21(26)27/h4-7,14-16H,3,8-13H2,1-2H3,(H,26,27). The summed E-state index contributed by atoms with van der Waals surface area (Å²) < 4.78 is 0. The fraction of sp³-hybridized carbons (Fsp3) is 0.571. The van der Waals surface area contributed by atoms with E-state index >= 15 is 0 Å². The number of anilines is 1. The van der Waals surface area contributed by atoms with Crippen LogP contribution in [0.1, 0.15) is 51.0 Å². The minimum Gasteiger partial charge on any atom is -0.481 e. The highest BCUT2D eigenvalue weighted by Crippen LogP contribution is 2.34. The molecule has 0 saturated carbocycles. The molecule has 0 bridgehead atoms. The number of para-hydroxylation sites is 1. The third kappa shape index (κ3) is 3.99. The molecule has 6 heteroatoms. The van der Waals surface area contributed by atoms with Crippen LogP contribution in [0.4, 0.5) is 5.69 Å². The Morgan fingerprint density at radius 3 is 2.48 bits per heavy atom. The molecule has 2 fully saturated rings. The fourth-order valence-corrected chi connectivity index (χ4v) is 4.08. The Kier molecular flexibility index (Phi) is 5.82. The van der Waals surface area contributed by atoms with E-state index in [1.165, 1.54) is 0 Å². The minimum atomic E-state index is -0.786. The summed E-state index contributed by atoms with van der Waals surface area (Å²) in [5.41, 5.74) is 2.06. The zero-order valence-corrected chi connectivity index (χ0v) is 16.1. The maximum absolute atomic E-state index is 12.9. The number of carbonyl (C=O) groups is 3. The molecule has 2 aliphatic rings. The maximum Gasteiger partial charge on any atom is 0.306 e. The molecule has 0 radical (unpaired) electrons. The Bertz CT molecular complexity index is 725. The van der Waals surface area contributed by atoms with Gasteiger partial charge in [-0.3, -0.25) is 14.4 Å². The predicted octanol–water partition coefficient (Wildman–Crippen LogP) is 2.88. The number of rotatable bonds is 5. The van der Waals surface area contributed by atoms with Crippen LogP contribution in [0.25, 0.3) is 0 Å². The molecule has 0 spiro atoms. The second kappa shape index (κ2) is 8.11. The van der Waals surface area contributed by atoms with Crippen LogP contribution < -0.4 is 4.90 Å². The number of hydrogen-bond donors (Lipinski definition) is 1. The Balaban J connectivity index is 1.69. The summed E-state index contributed by atoms with van der Waals surface area (Å²) in [5, 5.41) is 9.11. The van der Waals surface area contributed by atoms with Crippen LogP contribution in [0.15, 0.2) is 24.3 Å². The molecule has 1 aromatic carbocycles. The first-order valence-corrected chi connectivity index (χ1v) is 9.83. The lowest BCUT2D eigenvalue weighted by Crippen LogP contribution is -2.43. The molecule has 1 aromatic rings. The van der Waals surface area contributed by atoms with Gasteiger partial charge in [-0.2, -0.15) is 0 Å². The van der Waals surface area contributed by atoms with E-state index in [0.717, 1.165) is 17.7 Å². The van der Waals surface area contributed by atoms with Gasteiger partial charge in [0, 0.05) is 31.7 Å². The van der Waals surface area contributed by atoms with Crippen LogP contribution in [0, 0.1) is 11.8 Å². The molecule has 27 heavy (non-hydrogen) atoms. The summed E-state index contributed by atoms with van der Waals surface area (Å²) >= 11 is 0. The summed E-state index contributed by atoms with van der Waals surface area (Å²) in [6, 6.07) is 7.94. The lowest BCUT2D eigenvalue weighted by Gasteiger charge is -2.32. The van der Waals surface area contributed by atoms with E-state index in [-0.39, 0.29) is 30.1 Å². The van der Waals surface area contributed by atoms with E-state index in [1.807, 2.05) is 18.2 Å². The average molecular weight is 372 g/mol. The van der Waals surface area contributed by atoms with Crippen molar-refractivity contribution in [3.05, 3.63) is 29.8 Å². The molecule has 2 amide bonds. The topological polar surface area (TPSA) is 77.9 Å². The molecule has 0 aliphatic carbocycles. The van der Waals surface area contributed by atoms with Crippen LogP contribution >= 0.6 is 0 Å². The van der Waals surface area contributed by atoms with Gasteiger partial charge >= 0.3 is 5.97 Å². The highest BCUT2D eigenvalue weighted by molar-refractivity contribution is 6.01. The van der Waals surface area contributed by atoms with E-state index in [2.05, 4.69) is 19.9 Å². The van der Waals surface area contributed by atoms with Crippen molar-refractivity contribution >= 4 is 23.5 Å². The summed E-state index contributed by atoms with van der Waals surface area (Å²) in [5.74, 6) is -1.17. The van der Waals surface area contributed by atoms with Gasteiger partial charge in [0.2, 0.25) is 11.8 Å². The second-order valence-electron chi connectivity index (χ2n) is 7.71. The lowest BCUT2D eigenvalue weighted by atomic mass is 9.95. The van der Waals surface area contributed by atoms with Crippen molar-refractivity contribution in [3.8, 4) is 0 Å². The Morgan fingerprint density at radius 2 is 1.85 bits per heavy atom. The Labute approximate surface area is 160 Å². The average Bonchev–Trinajstić information content (AvgIpc) is 3.08. The number of carboxylic acid groups (broad SMARTS) is 1. The zero-order chi connectivity index (χ0) is 19.6. The van der Waals surface area contributed by atoms with Crippen molar-refractivity contribution in [2.75, 3.05) is 24.5 Å². The first kappa shape index (κ1) is 19.4. The highest BCUT2D eigenvalue weighted by Gasteiger charge is 2.39. The van der Waals surface area contributed by atoms with E-state index < -0.39 is 5.97 Å². The number of carboxylic acids is 1. The van der Waals surface area contributed by atoms with E-state index in [4.69, 9.17) is 5.11 Å². The quantitative estimate of drug-likeness (QED) is 0.862. The largest absolute Gasteiger partial charge is 0.481 e. The monoisotopic (exact) mass is 372 g/mol. The number of benzene rings is 1. The summed E-state index contributed by atoms with van der Waals surface area (Å²) in [7, 11) is 0. The molecule has 2 heterocycles. The number of hydrogen-bond acceptors (Lipinski definition) is 3. The van der Waals surface area contributed by atoms with Crippen molar-refractivity contribution in [1.29, 1.82) is 0 Å². The van der Waals surface area contributed by atoms with Crippen molar-refractivity contribution in [2.24, 2.45) is 11.8 Å². The molecule has 6 nitrogen and oxygen atoms in total. The Hall–Kier alpha value is -2.37. The SMILES string of the molecule is CCC(C)c1ccccc1N1CC(C(=O)N2CCC(C(=O)O)CC2)CC1=O. The molecule has 2 aliphatic heterocycles. The number of carbonyl (C=O) groups excluding carboxylic acids is 2. The van der Waals surface area contributed by atoms with E-state index in [1.54, 1.807) is 9.80 Å². The maximum atomic E-state index is 12.9. The van der Waals surface area contributed by atoms with Crippen LogP contribution in [0.5, 0.6) is 0 Å². The van der Waals surface area contributed by atoms with Crippen molar-refractivity contribution in [3.63, 3.8) is 0 Å². The summed E-state index contributed by atoms with van der Waals surface area (Å²) in [6.45, 7) is 5.60. The third-order valence-electron chi connectivity index (χ3n) is 6.00. The molecular formula is C21H28N2O4. The van der Waals surface area contributed by atoms with Gasteiger partial charge in [-0.05, 0) is 36.8 Å². The van der Waals surface area contributed by atoms with E-state index in [0.29, 0.717) is 38.4 Å². The van der Waals surface area contributed by atoms with Crippen LogP contribution in [-0.2, 0) is 14.4 Å². The number of piperidine rings is 1. The van der Waals surface area contributed by atoms with Gasteiger partial charge in [0.1, 0.15) is 0 Å². The van der Waals surface area contributed by atoms with Gasteiger partial charge in [-0.1, -0.05) is 32.0 Å². The fourth-order valence-electron chi connectivity index (χ4n) is 4.08. The van der Waals surface area contributed by atoms with Gasteiger partial charge in [-0.25, -0.2) is 0 Å². The van der Waals surface area contributed by atoms with E-state index in [9.17, 15) is 14.4 Å². The third-order valence-corrected chi connectivity index (χ3v) is 6.00. The van der Waals surface area contributed by atoms with Crippen LogP contribution in [-0.4, -0.2) is 47.4 Å². The number of aliphatic carboxylic acids is 1. The van der Waals surface area contributed by atoms with Crippen molar-refractivity contribution in [2.45, 2.75) is 45.4 Å². The molecule has 0 aromatic heterocycles. The van der Waals surface area contributed by atoms with Crippen LogP contribution in [0.3, 0.4) is 0 Å². The van der Waals surface area contributed by atoms with Gasteiger partial charge in [0.25, 0.3) is 0 Å². The summed E-state index contributed by atoms with van der Waals surface area (Å²) in [6.07, 6.45) is 2.19. The predicted molar refractivity (Wildman–Crippen MR) is 103 cm³/mol. The molecule has 2 unspecified atom stereocenters. The number of amides is 2. The Morgan fingerprint density at radius 1 is 1.19 bits per heavy atom. The highest BCUT2D eigenvalue weighted by atomic mass is 16.4. The molecule has 2 atom stereocenters. The minimum absolute atomic E-state index is 0.00970. The molecule has 146 valence electrons. The van der Waals surface area contributed by atoms with Gasteiger partial charge in [0.15, 0.2) is 0 Å². The number of nitrogens with zero attached hydrogens (tertiary/aromatic N) is 2.